The zero-order valence-corrected chi connectivity index (χ0v) is 13.5. The van der Waals surface area contributed by atoms with Crippen molar-refractivity contribution in [3.63, 3.8) is 0 Å². The second-order valence-corrected chi connectivity index (χ2v) is 6.41. The van der Waals surface area contributed by atoms with Crippen LogP contribution in [0.15, 0.2) is 24.3 Å². The quantitative estimate of drug-likeness (QED) is 0.870. The Labute approximate surface area is 128 Å². The van der Waals surface area contributed by atoms with Crippen molar-refractivity contribution in [3.8, 4) is 0 Å². The van der Waals surface area contributed by atoms with Crippen LogP contribution in [-0.4, -0.2) is 50.2 Å². The zero-order valence-electron chi connectivity index (χ0n) is 13.5. The van der Waals surface area contributed by atoms with Crippen LogP contribution in [0.25, 0.3) is 0 Å². The summed E-state index contributed by atoms with van der Waals surface area (Å²) in [4.78, 5) is 4.65. The fraction of sp³-hybridized carbons (Fsp3) is 0.647. The van der Waals surface area contributed by atoms with Gasteiger partial charge in [0.2, 0.25) is 0 Å². The number of hydrogen-bond donors (Lipinski definition) is 1. The molecular weight excluding hydrogens is 265 g/mol. The molecule has 3 nitrogen and oxygen atoms in total. The molecular formula is C17H28FN3. The highest BCUT2D eigenvalue weighted by atomic mass is 19.1. The van der Waals surface area contributed by atoms with Crippen LogP contribution in [0.4, 0.5) is 10.1 Å². The Hall–Kier alpha value is -1.13. The lowest BCUT2D eigenvalue weighted by Gasteiger charge is -2.37. The summed E-state index contributed by atoms with van der Waals surface area (Å²) in [5.41, 5.74) is 0.742. The van der Waals surface area contributed by atoms with Crippen molar-refractivity contribution in [2.45, 2.75) is 26.8 Å². The zero-order chi connectivity index (χ0) is 15.2. The van der Waals surface area contributed by atoms with E-state index in [0.29, 0.717) is 12.0 Å². The van der Waals surface area contributed by atoms with E-state index in [1.54, 1.807) is 12.1 Å². The van der Waals surface area contributed by atoms with Crippen LogP contribution in [0, 0.1) is 11.7 Å². The molecule has 1 aromatic carbocycles. The molecule has 1 aliphatic rings. The molecule has 1 atom stereocenters. The van der Waals surface area contributed by atoms with Crippen LogP contribution < -0.4 is 10.2 Å². The molecule has 0 aromatic heterocycles. The number of rotatable bonds is 6. The summed E-state index contributed by atoms with van der Waals surface area (Å²) in [5.74, 6) is 0.535. The van der Waals surface area contributed by atoms with Crippen LogP contribution in [0.2, 0.25) is 0 Å². The molecule has 0 spiro atoms. The monoisotopic (exact) mass is 293 g/mol. The van der Waals surface area contributed by atoms with Gasteiger partial charge in [-0.25, -0.2) is 4.39 Å². The van der Waals surface area contributed by atoms with E-state index in [9.17, 15) is 4.39 Å². The largest absolute Gasteiger partial charge is 0.367 e. The van der Waals surface area contributed by atoms with Gasteiger partial charge >= 0.3 is 0 Å². The summed E-state index contributed by atoms with van der Waals surface area (Å²) in [6, 6.07) is 7.62. The van der Waals surface area contributed by atoms with Crippen LogP contribution in [-0.2, 0) is 0 Å². The minimum atomic E-state index is -0.111. The number of piperazine rings is 1. The lowest BCUT2D eigenvalue weighted by atomic mass is 10.1. The van der Waals surface area contributed by atoms with Gasteiger partial charge in [0.1, 0.15) is 5.82 Å². The van der Waals surface area contributed by atoms with Gasteiger partial charge in [-0.2, -0.15) is 0 Å². The second kappa shape index (κ2) is 7.76. The predicted molar refractivity (Wildman–Crippen MR) is 87.4 cm³/mol. The van der Waals surface area contributed by atoms with Gasteiger partial charge in [-0.3, -0.25) is 4.90 Å². The second-order valence-electron chi connectivity index (χ2n) is 6.41. The smallest absolute Gasteiger partial charge is 0.146 e. The summed E-state index contributed by atoms with van der Waals surface area (Å²) in [6.07, 6.45) is 0. The van der Waals surface area contributed by atoms with Gasteiger partial charge in [0, 0.05) is 38.8 Å². The number of halogens is 1. The molecule has 1 N–H and O–H groups in total. The topological polar surface area (TPSA) is 18.5 Å². The predicted octanol–water partition coefficient (Wildman–Crippen LogP) is 2.58. The first kappa shape index (κ1) is 16.2. The first-order valence-corrected chi connectivity index (χ1v) is 8.01. The first-order valence-electron chi connectivity index (χ1n) is 8.01. The van der Waals surface area contributed by atoms with Crippen LogP contribution in [0.5, 0.6) is 0 Å². The van der Waals surface area contributed by atoms with Gasteiger partial charge in [-0.1, -0.05) is 32.9 Å². The van der Waals surface area contributed by atoms with Crippen molar-refractivity contribution >= 4 is 5.69 Å². The Kier molecular flexibility index (Phi) is 6.00. The maximum atomic E-state index is 13.8. The van der Waals surface area contributed by atoms with E-state index in [1.165, 1.54) is 0 Å². The van der Waals surface area contributed by atoms with Gasteiger partial charge in [0.15, 0.2) is 0 Å². The van der Waals surface area contributed by atoms with Gasteiger partial charge in [-0.05, 0) is 24.6 Å². The molecule has 0 radical (unpaired) electrons. The van der Waals surface area contributed by atoms with E-state index in [1.807, 2.05) is 12.1 Å². The molecule has 2 rings (SSSR count). The van der Waals surface area contributed by atoms with E-state index >= 15 is 0 Å². The van der Waals surface area contributed by atoms with Crippen molar-refractivity contribution < 1.29 is 4.39 Å². The molecule has 0 amide bonds. The standard InChI is InChI=1S/C17H28FN3/c1-14(2)19-12-15(3)13-20-8-10-21(11-9-20)17-7-5-4-6-16(17)18/h4-7,14-15,19H,8-13H2,1-3H3. The van der Waals surface area contributed by atoms with E-state index in [2.05, 4.69) is 35.9 Å². The highest BCUT2D eigenvalue weighted by molar-refractivity contribution is 5.47. The lowest BCUT2D eigenvalue weighted by molar-refractivity contribution is 0.220. The van der Waals surface area contributed by atoms with Crippen molar-refractivity contribution in [2.24, 2.45) is 5.92 Å². The van der Waals surface area contributed by atoms with E-state index in [-0.39, 0.29) is 5.82 Å². The minimum absolute atomic E-state index is 0.111. The molecule has 0 bridgehead atoms. The summed E-state index contributed by atoms with van der Waals surface area (Å²) in [6.45, 7) is 12.7. The summed E-state index contributed by atoms with van der Waals surface area (Å²) < 4.78 is 13.8. The Bertz CT molecular complexity index is 428. The summed E-state index contributed by atoms with van der Waals surface area (Å²) >= 11 is 0. The molecule has 1 aromatic rings. The summed E-state index contributed by atoms with van der Waals surface area (Å²) in [5, 5.41) is 3.49. The maximum absolute atomic E-state index is 13.8. The molecule has 1 saturated heterocycles. The van der Waals surface area contributed by atoms with Crippen LogP contribution in [0.1, 0.15) is 20.8 Å². The highest BCUT2D eigenvalue weighted by Gasteiger charge is 2.20. The fourth-order valence-corrected chi connectivity index (χ4v) is 2.82. The van der Waals surface area contributed by atoms with Gasteiger partial charge in [0.25, 0.3) is 0 Å². The molecule has 1 fully saturated rings. The van der Waals surface area contributed by atoms with E-state index in [0.717, 1.165) is 45.0 Å². The van der Waals surface area contributed by atoms with Crippen LogP contribution >= 0.6 is 0 Å². The molecule has 21 heavy (non-hydrogen) atoms. The number of hydrogen-bond acceptors (Lipinski definition) is 3. The molecule has 0 aliphatic carbocycles. The van der Waals surface area contributed by atoms with Crippen molar-refractivity contribution in [2.75, 3.05) is 44.2 Å². The Morgan fingerprint density at radius 1 is 1.10 bits per heavy atom. The fourth-order valence-electron chi connectivity index (χ4n) is 2.82. The average Bonchev–Trinajstić information content (AvgIpc) is 2.47. The summed E-state index contributed by atoms with van der Waals surface area (Å²) in [7, 11) is 0. The SMILES string of the molecule is CC(CNC(C)C)CN1CCN(c2ccccc2F)CC1. The first-order chi connectivity index (χ1) is 10.1. The van der Waals surface area contributed by atoms with Crippen LogP contribution in [0.3, 0.4) is 0 Å². The van der Waals surface area contributed by atoms with E-state index in [4.69, 9.17) is 0 Å². The molecule has 1 aliphatic heterocycles. The number of nitrogens with zero attached hydrogens (tertiary/aromatic N) is 2. The van der Waals surface area contributed by atoms with Crippen molar-refractivity contribution in [3.05, 3.63) is 30.1 Å². The normalized spacial score (nSPS) is 18.2. The molecule has 1 heterocycles. The van der Waals surface area contributed by atoms with Gasteiger partial charge in [-0.15, -0.1) is 0 Å². The third-order valence-electron chi connectivity index (χ3n) is 4.01. The van der Waals surface area contributed by atoms with Gasteiger partial charge in [0.05, 0.1) is 5.69 Å². The van der Waals surface area contributed by atoms with E-state index < -0.39 is 0 Å². The lowest BCUT2D eigenvalue weighted by Crippen LogP contribution is -2.48. The number of benzene rings is 1. The number of anilines is 1. The minimum Gasteiger partial charge on any atom is -0.367 e. The maximum Gasteiger partial charge on any atom is 0.146 e. The number of nitrogens with one attached hydrogen (secondary N) is 1. The third kappa shape index (κ3) is 4.97. The average molecular weight is 293 g/mol. The van der Waals surface area contributed by atoms with Crippen molar-refractivity contribution in [1.82, 2.24) is 10.2 Å². The Balaban J connectivity index is 1.77. The number of para-hydroxylation sites is 1. The Morgan fingerprint density at radius 2 is 1.76 bits per heavy atom. The van der Waals surface area contributed by atoms with Crippen molar-refractivity contribution in [1.29, 1.82) is 0 Å². The molecule has 118 valence electrons. The Morgan fingerprint density at radius 3 is 2.38 bits per heavy atom. The molecule has 4 heteroatoms. The molecule has 0 saturated carbocycles. The third-order valence-corrected chi connectivity index (χ3v) is 4.01. The highest BCUT2D eigenvalue weighted by Crippen LogP contribution is 2.20. The van der Waals surface area contributed by atoms with Gasteiger partial charge < -0.3 is 10.2 Å². The molecule has 1 unspecified atom stereocenters.